The Morgan fingerprint density at radius 3 is 2.51 bits per heavy atom. The summed E-state index contributed by atoms with van der Waals surface area (Å²) in [4.78, 5) is 2.51. The van der Waals surface area contributed by atoms with Crippen LogP contribution in [0.4, 0.5) is 0 Å². The second-order valence-electron chi connectivity index (χ2n) is 9.84. The molecule has 2 aliphatic heterocycles. The molecule has 0 aliphatic carbocycles. The molecule has 182 valence electrons. The quantitative estimate of drug-likeness (QED) is 0.397. The first-order valence-corrected chi connectivity index (χ1v) is 12.7. The van der Waals surface area contributed by atoms with E-state index in [0.29, 0.717) is 17.7 Å². The molecule has 1 saturated heterocycles. The van der Waals surface area contributed by atoms with Gasteiger partial charge in [0.1, 0.15) is 30.0 Å². The molecule has 1 N–H and O–H groups in total. The van der Waals surface area contributed by atoms with Gasteiger partial charge in [0.05, 0.1) is 0 Å². The number of benzene rings is 3. The zero-order valence-electron chi connectivity index (χ0n) is 20.5. The van der Waals surface area contributed by atoms with Crippen LogP contribution in [0.3, 0.4) is 0 Å². The summed E-state index contributed by atoms with van der Waals surface area (Å²) >= 11 is 6.16. The molecule has 3 unspecified atom stereocenters. The number of halogens is 1. The van der Waals surface area contributed by atoms with Crippen molar-refractivity contribution in [3.63, 3.8) is 0 Å². The van der Waals surface area contributed by atoms with Gasteiger partial charge in [-0.1, -0.05) is 42.8 Å². The molecule has 35 heavy (non-hydrogen) atoms. The van der Waals surface area contributed by atoms with Crippen molar-refractivity contribution in [2.45, 2.75) is 39.3 Å². The Balaban J connectivity index is 1.40. The number of hydrogen-bond donors (Lipinski definition) is 1. The number of phenols is 1. The topological polar surface area (TPSA) is 41.9 Å². The second kappa shape index (κ2) is 9.96. The number of fused-ring (bicyclic) bond motifs is 1. The highest BCUT2D eigenvalue weighted by Gasteiger charge is 2.29. The molecule has 0 radical (unpaired) electrons. The van der Waals surface area contributed by atoms with Crippen molar-refractivity contribution in [3.8, 4) is 17.2 Å². The Hall–Kier alpha value is -2.95. The van der Waals surface area contributed by atoms with E-state index in [2.05, 4.69) is 37.8 Å². The lowest BCUT2D eigenvalue weighted by Gasteiger charge is -2.31. The van der Waals surface area contributed by atoms with Gasteiger partial charge in [-0.05, 0) is 91.9 Å². The molecule has 0 bridgehead atoms. The minimum Gasteiger partial charge on any atom is -0.508 e. The molecule has 3 aromatic rings. The zero-order chi connectivity index (χ0) is 24.5. The summed E-state index contributed by atoms with van der Waals surface area (Å²) in [6, 6.07) is 21.7. The Labute approximate surface area is 212 Å². The molecule has 3 atom stereocenters. The Morgan fingerprint density at radius 2 is 1.83 bits per heavy atom. The van der Waals surface area contributed by atoms with Crippen LogP contribution in [0.2, 0.25) is 5.02 Å². The molecule has 2 aliphatic rings. The largest absolute Gasteiger partial charge is 0.508 e. The third-order valence-corrected chi connectivity index (χ3v) is 7.44. The first-order valence-electron chi connectivity index (χ1n) is 12.3. The number of allylic oxidation sites excluding steroid dienone is 1. The SMILES string of the molecule is CC1=C(c2ccc(Cl)cc2)C(c2ccc(OCC(C)N3CCC(C)C3)cc2)Oc2ccc(O)cc21. The molecule has 5 heteroatoms. The van der Waals surface area contributed by atoms with Gasteiger partial charge in [0.25, 0.3) is 0 Å². The lowest BCUT2D eigenvalue weighted by atomic mass is 9.86. The van der Waals surface area contributed by atoms with E-state index in [1.807, 2.05) is 42.5 Å². The normalized spacial score (nSPS) is 20.9. The zero-order valence-corrected chi connectivity index (χ0v) is 21.3. The maximum absolute atomic E-state index is 10.1. The van der Waals surface area contributed by atoms with Gasteiger partial charge in [0.15, 0.2) is 0 Å². The third-order valence-electron chi connectivity index (χ3n) is 7.19. The van der Waals surface area contributed by atoms with Crippen LogP contribution >= 0.6 is 11.6 Å². The van der Waals surface area contributed by atoms with Crippen molar-refractivity contribution >= 4 is 22.7 Å². The van der Waals surface area contributed by atoms with Gasteiger partial charge in [0.2, 0.25) is 0 Å². The van der Waals surface area contributed by atoms with Crippen molar-refractivity contribution in [1.82, 2.24) is 4.90 Å². The van der Waals surface area contributed by atoms with E-state index in [0.717, 1.165) is 58.3 Å². The molecule has 2 heterocycles. The number of aromatic hydroxyl groups is 1. The van der Waals surface area contributed by atoms with Gasteiger partial charge in [-0.2, -0.15) is 0 Å². The second-order valence-corrected chi connectivity index (χ2v) is 10.3. The van der Waals surface area contributed by atoms with Crippen molar-refractivity contribution in [3.05, 3.63) is 88.4 Å². The molecule has 1 fully saturated rings. The molecule has 0 saturated carbocycles. The number of rotatable bonds is 6. The average molecular weight is 490 g/mol. The van der Waals surface area contributed by atoms with Gasteiger partial charge >= 0.3 is 0 Å². The molecule has 0 aromatic heterocycles. The maximum atomic E-state index is 10.1. The number of likely N-dealkylation sites (tertiary alicyclic amines) is 1. The van der Waals surface area contributed by atoms with Gasteiger partial charge < -0.3 is 14.6 Å². The highest BCUT2D eigenvalue weighted by Crippen LogP contribution is 2.47. The maximum Gasteiger partial charge on any atom is 0.150 e. The molecule has 4 nitrogen and oxygen atoms in total. The Kier molecular flexibility index (Phi) is 6.77. The summed E-state index contributed by atoms with van der Waals surface area (Å²) < 4.78 is 12.6. The first-order chi connectivity index (χ1) is 16.9. The van der Waals surface area contributed by atoms with E-state index in [4.69, 9.17) is 21.1 Å². The molecule has 0 spiro atoms. The van der Waals surface area contributed by atoms with E-state index in [9.17, 15) is 5.11 Å². The molecule has 3 aromatic carbocycles. The summed E-state index contributed by atoms with van der Waals surface area (Å²) in [5.41, 5.74) is 5.12. The lowest BCUT2D eigenvalue weighted by Crippen LogP contribution is -2.35. The average Bonchev–Trinajstić information content (AvgIpc) is 3.30. The fraction of sp³-hybridized carbons (Fsp3) is 0.333. The smallest absolute Gasteiger partial charge is 0.150 e. The van der Waals surface area contributed by atoms with Gasteiger partial charge in [-0.25, -0.2) is 0 Å². The van der Waals surface area contributed by atoms with Gasteiger partial charge in [0, 0.05) is 28.7 Å². The van der Waals surface area contributed by atoms with Crippen LogP contribution in [-0.2, 0) is 0 Å². The summed E-state index contributed by atoms with van der Waals surface area (Å²) in [6.45, 7) is 9.62. The molecular formula is C30H32ClNO3. The van der Waals surface area contributed by atoms with E-state index >= 15 is 0 Å². The number of hydrogen-bond acceptors (Lipinski definition) is 4. The highest BCUT2D eigenvalue weighted by atomic mass is 35.5. The molecule has 0 amide bonds. The van der Waals surface area contributed by atoms with Crippen molar-refractivity contribution in [2.75, 3.05) is 19.7 Å². The summed E-state index contributed by atoms with van der Waals surface area (Å²) in [5.74, 6) is 2.62. The van der Waals surface area contributed by atoms with Crippen molar-refractivity contribution in [1.29, 1.82) is 0 Å². The number of nitrogens with zero attached hydrogens (tertiary/aromatic N) is 1. The standard InChI is InChI=1S/C30H32ClNO3/c1-19-14-15-32(17-19)20(2)18-34-26-11-6-23(7-12-26)30-29(22-4-8-24(31)9-5-22)21(3)27-16-25(33)10-13-28(27)35-30/h4-13,16,19-20,30,33H,14-15,17-18H2,1-3H3. The summed E-state index contributed by atoms with van der Waals surface area (Å²) in [5, 5.41) is 10.8. The van der Waals surface area contributed by atoms with Crippen LogP contribution in [0.1, 0.15) is 50.0 Å². The van der Waals surface area contributed by atoms with Crippen molar-refractivity contribution < 1.29 is 14.6 Å². The third kappa shape index (κ3) is 5.05. The first kappa shape index (κ1) is 23.8. The van der Waals surface area contributed by atoms with Crippen LogP contribution in [0, 0.1) is 5.92 Å². The number of phenolic OH excluding ortho intramolecular Hbond substituents is 1. The van der Waals surface area contributed by atoms with Crippen LogP contribution in [0.25, 0.3) is 11.1 Å². The minimum atomic E-state index is -0.285. The lowest BCUT2D eigenvalue weighted by molar-refractivity contribution is 0.169. The summed E-state index contributed by atoms with van der Waals surface area (Å²) in [6.07, 6.45) is 0.985. The fourth-order valence-electron chi connectivity index (χ4n) is 5.10. The minimum absolute atomic E-state index is 0.222. The van der Waals surface area contributed by atoms with Crippen LogP contribution in [0.5, 0.6) is 17.2 Å². The Bertz CT molecular complexity index is 1220. The van der Waals surface area contributed by atoms with E-state index in [1.54, 1.807) is 12.1 Å². The highest BCUT2D eigenvalue weighted by molar-refractivity contribution is 6.30. The van der Waals surface area contributed by atoms with E-state index < -0.39 is 0 Å². The van der Waals surface area contributed by atoms with E-state index in [1.165, 1.54) is 6.42 Å². The Morgan fingerprint density at radius 1 is 1.09 bits per heavy atom. The monoisotopic (exact) mass is 489 g/mol. The molecular weight excluding hydrogens is 458 g/mol. The van der Waals surface area contributed by atoms with E-state index in [-0.39, 0.29) is 11.9 Å². The molecule has 5 rings (SSSR count). The number of ether oxygens (including phenoxy) is 2. The van der Waals surface area contributed by atoms with Crippen molar-refractivity contribution in [2.24, 2.45) is 5.92 Å². The van der Waals surface area contributed by atoms with Crippen LogP contribution in [-0.4, -0.2) is 35.7 Å². The summed E-state index contributed by atoms with van der Waals surface area (Å²) in [7, 11) is 0. The fourth-order valence-corrected chi connectivity index (χ4v) is 5.23. The van der Waals surface area contributed by atoms with Crippen LogP contribution in [0.15, 0.2) is 66.7 Å². The van der Waals surface area contributed by atoms with Gasteiger partial charge in [-0.15, -0.1) is 0 Å². The predicted octanol–water partition coefficient (Wildman–Crippen LogP) is 7.22. The van der Waals surface area contributed by atoms with Crippen LogP contribution < -0.4 is 9.47 Å². The van der Waals surface area contributed by atoms with Gasteiger partial charge in [-0.3, -0.25) is 4.90 Å². The predicted molar refractivity (Wildman–Crippen MR) is 142 cm³/mol.